The molecule has 0 aliphatic rings. The average molecular weight is 233 g/mol. The number of nitriles is 1. The van der Waals surface area contributed by atoms with Crippen molar-refractivity contribution in [3.05, 3.63) is 35.9 Å². The van der Waals surface area contributed by atoms with Crippen LogP contribution in [0.5, 0.6) is 0 Å². The van der Waals surface area contributed by atoms with Gasteiger partial charge in [-0.05, 0) is 5.56 Å². The zero-order chi connectivity index (χ0) is 10.6. The van der Waals surface area contributed by atoms with Crippen LogP contribution in [-0.4, -0.2) is 18.2 Å². The molecule has 0 heterocycles. The van der Waals surface area contributed by atoms with Crippen molar-refractivity contribution < 1.29 is 42.5 Å². The van der Waals surface area contributed by atoms with E-state index in [9.17, 15) is 13.0 Å². The molecule has 74 valence electrons. The van der Waals surface area contributed by atoms with Gasteiger partial charge in [0.2, 0.25) is 0 Å². The minimum atomic E-state index is -4.52. The molecule has 0 N–H and O–H groups in total. The van der Waals surface area contributed by atoms with Crippen molar-refractivity contribution in [1.82, 2.24) is 0 Å². The molecule has 0 aromatic heterocycles. The second-order valence-electron chi connectivity index (χ2n) is 2.80. The molecule has 0 saturated heterocycles. The summed E-state index contributed by atoms with van der Waals surface area (Å²) >= 11 is 0. The van der Waals surface area contributed by atoms with Crippen molar-refractivity contribution in [1.29, 1.82) is 5.26 Å². The smallest absolute Gasteiger partial charge is 0.747 e. The first kappa shape index (κ1) is 14.6. The second-order valence-corrected chi connectivity index (χ2v) is 4.35. The van der Waals surface area contributed by atoms with Gasteiger partial charge in [-0.3, -0.25) is 0 Å². The standard InChI is InChI=1S/C9H9NO3S.Na/c10-7-9(14(11,12)13)6-8-4-2-1-3-5-8;/h1-5,9H,6H2,(H,11,12,13);/q;+1/p-1. The van der Waals surface area contributed by atoms with E-state index in [-0.39, 0.29) is 36.0 Å². The molecule has 0 bridgehead atoms. The van der Waals surface area contributed by atoms with Gasteiger partial charge in [0.1, 0.15) is 15.4 Å². The van der Waals surface area contributed by atoms with Crippen LogP contribution in [0.1, 0.15) is 5.56 Å². The van der Waals surface area contributed by atoms with Crippen LogP contribution in [0.25, 0.3) is 0 Å². The largest absolute Gasteiger partial charge is 1.00 e. The predicted octanol–water partition coefficient (Wildman–Crippen LogP) is -2.33. The summed E-state index contributed by atoms with van der Waals surface area (Å²) in [5.41, 5.74) is 0.665. The van der Waals surface area contributed by atoms with Crippen molar-refractivity contribution in [2.45, 2.75) is 11.7 Å². The summed E-state index contributed by atoms with van der Waals surface area (Å²) in [7, 11) is -4.52. The van der Waals surface area contributed by atoms with Crippen LogP contribution in [0, 0.1) is 11.3 Å². The Morgan fingerprint density at radius 1 is 1.33 bits per heavy atom. The average Bonchev–Trinajstić information content (AvgIpc) is 2.14. The van der Waals surface area contributed by atoms with Gasteiger partial charge in [0.15, 0.2) is 0 Å². The Bertz CT molecular complexity index is 438. The molecule has 0 aliphatic carbocycles. The maximum atomic E-state index is 10.6. The van der Waals surface area contributed by atoms with Gasteiger partial charge in [-0.1, -0.05) is 30.3 Å². The molecule has 4 nitrogen and oxygen atoms in total. The van der Waals surface area contributed by atoms with Crippen LogP contribution in [0.2, 0.25) is 0 Å². The van der Waals surface area contributed by atoms with E-state index < -0.39 is 15.4 Å². The van der Waals surface area contributed by atoms with Crippen molar-refractivity contribution in [3.63, 3.8) is 0 Å². The zero-order valence-electron chi connectivity index (χ0n) is 8.25. The van der Waals surface area contributed by atoms with Gasteiger partial charge in [0, 0.05) is 6.42 Å². The molecule has 1 aromatic rings. The number of rotatable bonds is 3. The molecule has 0 amide bonds. The van der Waals surface area contributed by atoms with E-state index in [0.717, 1.165) is 0 Å². The van der Waals surface area contributed by atoms with Gasteiger partial charge >= 0.3 is 29.6 Å². The molecule has 1 rings (SSSR count). The number of hydrogen-bond acceptors (Lipinski definition) is 4. The maximum Gasteiger partial charge on any atom is 1.00 e. The van der Waals surface area contributed by atoms with Crippen molar-refractivity contribution in [3.8, 4) is 6.07 Å². The number of nitrogens with zero attached hydrogens (tertiary/aromatic N) is 1. The van der Waals surface area contributed by atoms with Gasteiger partial charge in [-0.15, -0.1) is 0 Å². The Morgan fingerprint density at radius 3 is 2.27 bits per heavy atom. The predicted molar refractivity (Wildman–Crippen MR) is 49.2 cm³/mol. The van der Waals surface area contributed by atoms with E-state index in [2.05, 4.69) is 0 Å². The molecule has 6 heteroatoms. The SMILES string of the molecule is N#CC(Cc1ccccc1)S(=O)(=O)[O-].[Na+]. The zero-order valence-corrected chi connectivity index (χ0v) is 11.1. The molecule has 15 heavy (non-hydrogen) atoms. The van der Waals surface area contributed by atoms with Crippen LogP contribution in [0.3, 0.4) is 0 Å². The first-order chi connectivity index (χ1) is 6.54. The van der Waals surface area contributed by atoms with Gasteiger partial charge < -0.3 is 4.55 Å². The van der Waals surface area contributed by atoms with Crippen molar-refractivity contribution in [2.75, 3.05) is 0 Å². The number of hydrogen-bond donors (Lipinski definition) is 0. The summed E-state index contributed by atoms with van der Waals surface area (Å²) in [5.74, 6) is 0. The Labute approximate surface area is 111 Å². The van der Waals surface area contributed by atoms with Crippen molar-refractivity contribution >= 4 is 10.1 Å². The number of benzene rings is 1. The van der Waals surface area contributed by atoms with E-state index in [1.165, 1.54) is 6.07 Å². The summed E-state index contributed by atoms with van der Waals surface area (Å²) in [5, 5.41) is 7.00. The van der Waals surface area contributed by atoms with Crippen LogP contribution in [0.15, 0.2) is 30.3 Å². The van der Waals surface area contributed by atoms with E-state index >= 15 is 0 Å². The molecular weight excluding hydrogens is 225 g/mol. The minimum Gasteiger partial charge on any atom is -0.747 e. The molecule has 1 aromatic carbocycles. The monoisotopic (exact) mass is 233 g/mol. The van der Waals surface area contributed by atoms with Crippen LogP contribution in [-0.2, 0) is 16.5 Å². The summed E-state index contributed by atoms with van der Waals surface area (Å²) in [6.45, 7) is 0. The molecular formula is C9H8NNaO3S. The Hall–Kier alpha value is -0.380. The Morgan fingerprint density at radius 2 is 1.87 bits per heavy atom. The molecule has 0 radical (unpaired) electrons. The van der Waals surface area contributed by atoms with E-state index in [4.69, 9.17) is 5.26 Å². The molecule has 0 aliphatic heterocycles. The van der Waals surface area contributed by atoms with Crippen LogP contribution < -0.4 is 29.6 Å². The summed E-state index contributed by atoms with van der Waals surface area (Å²) in [6.07, 6.45) is -0.0524. The molecule has 1 unspecified atom stereocenters. The topological polar surface area (TPSA) is 81.0 Å². The third-order valence-electron chi connectivity index (χ3n) is 1.76. The van der Waals surface area contributed by atoms with Crippen LogP contribution in [0.4, 0.5) is 0 Å². The first-order valence-corrected chi connectivity index (χ1v) is 5.39. The first-order valence-electron chi connectivity index (χ1n) is 3.92. The fourth-order valence-corrected chi connectivity index (χ4v) is 1.57. The van der Waals surface area contributed by atoms with Crippen molar-refractivity contribution in [2.24, 2.45) is 0 Å². The third-order valence-corrected chi connectivity index (χ3v) is 2.73. The Balaban J connectivity index is 0.00000196. The van der Waals surface area contributed by atoms with E-state index in [1.807, 2.05) is 0 Å². The second kappa shape index (κ2) is 6.26. The summed E-state index contributed by atoms with van der Waals surface area (Å²) in [6, 6.07) is 10.1. The minimum absolute atomic E-state index is 0. The molecule has 0 saturated carbocycles. The maximum absolute atomic E-state index is 10.6. The van der Waals surface area contributed by atoms with E-state index in [1.54, 1.807) is 30.3 Å². The molecule has 0 spiro atoms. The van der Waals surface area contributed by atoms with Gasteiger partial charge in [-0.2, -0.15) is 5.26 Å². The fraction of sp³-hybridized carbons (Fsp3) is 0.222. The van der Waals surface area contributed by atoms with E-state index in [0.29, 0.717) is 5.56 Å². The quantitative estimate of drug-likeness (QED) is 0.433. The third kappa shape index (κ3) is 4.78. The molecule has 1 atom stereocenters. The van der Waals surface area contributed by atoms with Gasteiger partial charge in [-0.25, -0.2) is 8.42 Å². The Kier molecular flexibility index (Phi) is 6.10. The fourth-order valence-electron chi connectivity index (χ4n) is 1.04. The van der Waals surface area contributed by atoms with Gasteiger partial charge in [0.05, 0.1) is 6.07 Å². The normalized spacial score (nSPS) is 12.3. The van der Waals surface area contributed by atoms with Gasteiger partial charge in [0.25, 0.3) is 0 Å². The van der Waals surface area contributed by atoms with Crippen LogP contribution >= 0.6 is 0 Å². The molecule has 0 fully saturated rings. The summed E-state index contributed by atoms with van der Waals surface area (Å²) < 4.78 is 31.8. The summed E-state index contributed by atoms with van der Waals surface area (Å²) in [4.78, 5) is 0.